The number of benzene rings is 3. The molecule has 272 valence electrons. The number of halogens is 4. The van der Waals surface area contributed by atoms with Crippen molar-refractivity contribution in [3.05, 3.63) is 53.1 Å². The summed E-state index contributed by atoms with van der Waals surface area (Å²) in [6.45, 7) is 7.76. The minimum Gasteiger partial charge on any atom is -0.508 e. The average molecular weight is 714 g/mol. The molecular weight excluding hydrogens is 670 g/mol. The number of anilines is 1. The van der Waals surface area contributed by atoms with Gasteiger partial charge in [-0.2, -0.15) is 9.97 Å². The summed E-state index contributed by atoms with van der Waals surface area (Å²) in [6.07, 6.45) is 10.9. The molecule has 3 aromatic carbocycles. The Morgan fingerprint density at radius 2 is 1.75 bits per heavy atom. The van der Waals surface area contributed by atoms with E-state index in [-0.39, 0.29) is 51.7 Å². The van der Waals surface area contributed by atoms with Gasteiger partial charge in [-0.3, -0.25) is 0 Å². The van der Waals surface area contributed by atoms with Gasteiger partial charge in [-0.1, -0.05) is 25.8 Å². The number of hydrogen-bond acceptors (Lipinski definition) is 7. The highest BCUT2D eigenvalue weighted by Gasteiger charge is 2.70. The topological polar surface area (TPSA) is 73.8 Å². The van der Waals surface area contributed by atoms with Crippen molar-refractivity contribution in [2.75, 3.05) is 44.2 Å². The molecule has 1 spiro atoms. The van der Waals surface area contributed by atoms with Gasteiger partial charge in [0, 0.05) is 65.3 Å². The number of aromatic nitrogens is 2. The molecule has 1 aromatic heterocycles. The number of piperidine rings is 1. The maximum absolute atomic E-state index is 17.5. The first-order valence-electron chi connectivity index (χ1n) is 18.6. The van der Waals surface area contributed by atoms with E-state index in [1.54, 1.807) is 0 Å². The number of nitrogens with zero attached hydrogens (tertiary/aromatic N) is 4. The molecule has 7 nitrogen and oxygen atoms in total. The monoisotopic (exact) mass is 713 g/mol. The second kappa shape index (κ2) is 11.9. The Bertz CT molecular complexity index is 2140. The normalized spacial score (nSPS) is 24.2. The van der Waals surface area contributed by atoms with Crippen molar-refractivity contribution < 1.29 is 27.4 Å². The number of rotatable bonds is 8. The SMILES string of the molecule is C#Cc1c(F)ccc2cc(O)cc(-c3c(C(C)C)cc4c(N5CC6CCC(C5)N6)nc(OCC5(CN6CCC7(CC6)CC7(F)F)CC5)nc4c3F)c12. The molecule has 5 aliphatic rings. The van der Waals surface area contributed by atoms with Gasteiger partial charge >= 0.3 is 6.01 Å². The van der Waals surface area contributed by atoms with Gasteiger partial charge in [0.25, 0.3) is 5.92 Å². The van der Waals surface area contributed by atoms with Crippen molar-refractivity contribution in [1.29, 1.82) is 0 Å². The maximum atomic E-state index is 17.5. The molecule has 5 fully saturated rings. The number of aromatic hydroxyl groups is 1. The molecule has 9 rings (SSSR count). The molecule has 3 aliphatic heterocycles. The molecule has 0 amide bonds. The largest absolute Gasteiger partial charge is 0.508 e. The van der Waals surface area contributed by atoms with E-state index in [9.17, 15) is 13.9 Å². The first kappa shape index (κ1) is 33.7. The lowest BCUT2D eigenvalue weighted by atomic mass is 9.86. The lowest BCUT2D eigenvalue weighted by molar-refractivity contribution is 0.0252. The van der Waals surface area contributed by atoms with Gasteiger partial charge in [0.2, 0.25) is 0 Å². The number of phenolic OH excluding ortho intramolecular Hbond substituents is 1. The van der Waals surface area contributed by atoms with Crippen LogP contribution in [0.1, 0.15) is 75.8 Å². The van der Waals surface area contributed by atoms with Gasteiger partial charge in [-0.15, -0.1) is 6.42 Å². The molecule has 2 atom stereocenters. The Balaban J connectivity index is 1.12. The Kier molecular flexibility index (Phi) is 7.73. The minimum absolute atomic E-state index is 0.00477. The molecule has 11 heteroatoms. The number of fused-ring (bicyclic) bond motifs is 4. The molecule has 52 heavy (non-hydrogen) atoms. The van der Waals surface area contributed by atoms with Crippen molar-refractivity contribution in [1.82, 2.24) is 20.2 Å². The Hall–Kier alpha value is -4.14. The summed E-state index contributed by atoms with van der Waals surface area (Å²) in [5.41, 5.74) is 0.290. The quantitative estimate of drug-likeness (QED) is 0.143. The van der Waals surface area contributed by atoms with Crippen LogP contribution in [-0.4, -0.2) is 77.3 Å². The van der Waals surface area contributed by atoms with Crippen LogP contribution in [0.3, 0.4) is 0 Å². The number of ether oxygens (including phenoxy) is 1. The molecule has 2 unspecified atom stereocenters. The summed E-state index contributed by atoms with van der Waals surface area (Å²) >= 11 is 0. The molecule has 2 bridgehead atoms. The van der Waals surface area contributed by atoms with Crippen LogP contribution in [-0.2, 0) is 0 Å². The summed E-state index contributed by atoms with van der Waals surface area (Å²) in [5.74, 6) is -0.945. The fourth-order valence-electron chi connectivity index (χ4n) is 9.26. The van der Waals surface area contributed by atoms with Gasteiger partial charge < -0.3 is 25.0 Å². The third kappa shape index (κ3) is 5.56. The number of piperazine rings is 1. The van der Waals surface area contributed by atoms with Gasteiger partial charge in [-0.05, 0) is 98.3 Å². The standard InChI is InChI=1S/C41H43F4N5O2/c1-4-28-32(42)8-5-24-15-27(51)16-30(33(24)28)34-29(23(2)3)17-31-36(35(34)43)47-38(48-37(31)50-18-25-6-7-26(19-50)46-25)52-22-39(9-10-39)21-49-13-11-40(12-14-49)20-41(40,44)45/h1,5,8,15-17,23,25-26,46,51H,6-7,9-14,18-22H2,2-3H3. The van der Waals surface area contributed by atoms with Crippen LogP contribution in [0.4, 0.5) is 23.4 Å². The van der Waals surface area contributed by atoms with Crippen molar-refractivity contribution in [2.45, 2.75) is 82.7 Å². The van der Waals surface area contributed by atoms with Crippen LogP contribution in [0.2, 0.25) is 0 Å². The second-order valence-corrected chi connectivity index (χ2v) is 16.5. The fraction of sp³-hybridized carbons (Fsp3) is 0.512. The van der Waals surface area contributed by atoms with Crippen LogP contribution in [0.25, 0.3) is 32.8 Å². The Morgan fingerprint density at radius 3 is 2.38 bits per heavy atom. The summed E-state index contributed by atoms with van der Waals surface area (Å²) in [6, 6.07) is 8.33. The number of alkyl halides is 2. The maximum Gasteiger partial charge on any atom is 0.319 e. The molecule has 3 saturated heterocycles. The van der Waals surface area contributed by atoms with Crippen LogP contribution >= 0.6 is 0 Å². The first-order chi connectivity index (χ1) is 24.9. The highest BCUT2D eigenvalue weighted by molar-refractivity contribution is 6.05. The van der Waals surface area contributed by atoms with Crippen molar-refractivity contribution >= 4 is 27.5 Å². The third-order valence-electron chi connectivity index (χ3n) is 12.6. The number of likely N-dealkylation sites (tertiary alicyclic amines) is 1. The smallest absolute Gasteiger partial charge is 0.319 e. The number of nitrogens with one attached hydrogen (secondary N) is 1. The molecule has 4 heterocycles. The van der Waals surface area contributed by atoms with Crippen molar-refractivity contribution in [2.24, 2.45) is 10.8 Å². The van der Waals surface area contributed by atoms with E-state index in [1.165, 1.54) is 24.3 Å². The average Bonchev–Trinajstić information content (AvgIpc) is 3.96. The predicted octanol–water partition coefficient (Wildman–Crippen LogP) is 7.76. The Morgan fingerprint density at radius 1 is 1.04 bits per heavy atom. The van der Waals surface area contributed by atoms with Gasteiger partial charge in [-0.25, -0.2) is 17.6 Å². The number of terminal acetylenes is 1. The van der Waals surface area contributed by atoms with Gasteiger partial charge in [0.05, 0.1) is 12.2 Å². The number of hydrogen-bond donors (Lipinski definition) is 2. The zero-order valence-electron chi connectivity index (χ0n) is 29.5. The minimum atomic E-state index is -2.52. The molecule has 0 radical (unpaired) electrons. The first-order valence-corrected chi connectivity index (χ1v) is 18.6. The highest BCUT2D eigenvalue weighted by Crippen LogP contribution is 2.66. The zero-order chi connectivity index (χ0) is 36.2. The van der Waals surface area contributed by atoms with Gasteiger partial charge in [0.1, 0.15) is 22.9 Å². The van der Waals surface area contributed by atoms with Crippen molar-refractivity contribution in [3.63, 3.8) is 0 Å². The summed E-state index contributed by atoms with van der Waals surface area (Å²) < 4.78 is 67.1. The van der Waals surface area contributed by atoms with Crippen LogP contribution in [0, 0.1) is 34.8 Å². The van der Waals surface area contributed by atoms with E-state index < -0.39 is 23.0 Å². The number of phenols is 1. The van der Waals surface area contributed by atoms with E-state index in [4.69, 9.17) is 21.1 Å². The summed E-state index contributed by atoms with van der Waals surface area (Å²) in [4.78, 5) is 14.2. The predicted molar refractivity (Wildman–Crippen MR) is 193 cm³/mol. The molecular formula is C41H43F4N5O2. The highest BCUT2D eigenvalue weighted by atomic mass is 19.3. The summed E-state index contributed by atoms with van der Waals surface area (Å²) in [5, 5.41) is 15.9. The fourth-order valence-corrected chi connectivity index (χ4v) is 9.26. The molecule has 2 N–H and O–H groups in total. The van der Waals surface area contributed by atoms with E-state index >= 15 is 8.78 Å². The van der Waals surface area contributed by atoms with E-state index in [2.05, 4.69) is 21.0 Å². The molecule has 4 aromatic rings. The van der Waals surface area contributed by atoms with Crippen LogP contribution < -0.4 is 15.0 Å². The third-order valence-corrected chi connectivity index (χ3v) is 12.6. The lowest BCUT2D eigenvalue weighted by Gasteiger charge is -2.35. The molecule has 2 aliphatic carbocycles. The Labute approximate surface area is 300 Å². The summed E-state index contributed by atoms with van der Waals surface area (Å²) in [7, 11) is 0. The van der Waals surface area contributed by atoms with E-state index in [0.717, 1.165) is 32.2 Å². The molecule has 2 saturated carbocycles. The van der Waals surface area contributed by atoms with E-state index in [1.807, 2.05) is 19.9 Å². The van der Waals surface area contributed by atoms with E-state index in [0.29, 0.717) is 85.3 Å². The lowest BCUT2D eigenvalue weighted by Crippen LogP contribution is -2.51. The van der Waals surface area contributed by atoms with Crippen LogP contribution in [0.15, 0.2) is 30.3 Å². The van der Waals surface area contributed by atoms with Gasteiger partial charge in [0.15, 0.2) is 5.82 Å². The van der Waals surface area contributed by atoms with Crippen LogP contribution in [0.5, 0.6) is 11.8 Å². The zero-order valence-corrected chi connectivity index (χ0v) is 29.5. The van der Waals surface area contributed by atoms with Crippen molar-refractivity contribution in [3.8, 4) is 35.2 Å². The second-order valence-electron chi connectivity index (χ2n) is 16.5.